The molecule has 1 heterocycles. The minimum atomic E-state index is -0.645. The maximum atomic E-state index is 12.6. The highest BCUT2D eigenvalue weighted by Crippen LogP contribution is 2.25. The molecule has 0 unspecified atom stereocenters. The summed E-state index contributed by atoms with van der Waals surface area (Å²) in [5.41, 5.74) is 4.07. The van der Waals surface area contributed by atoms with Crippen molar-refractivity contribution < 1.29 is 19.6 Å². The van der Waals surface area contributed by atoms with Crippen LogP contribution in [-0.4, -0.2) is 31.0 Å². The van der Waals surface area contributed by atoms with Crippen LogP contribution in [0.2, 0.25) is 0 Å². The molecule has 142 valence electrons. The van der Waals surface area contributed by atoms with E-state index in [0.29, 0.717) is 17.9 Å². The molecule has 0 radical (unpaired) electrons. The molecule has 2 aromatic rings. The van der Waals surface area contributed by atoms with Gasteiger partial charge in [-0.15, -0.1) is 0 Å². The highest BCUT2D eigenvalue weighted by Gasteiger charge is 2.29. The van der Waals surface area contributed by atoms with Crippen molar-refractivity contribution in [1.82, 2.24) is 5.32 Å². The number of carbonyl (C=O) groups excluding carboxylic acids is 2. The predicted octanol–water partition coefficient (Wildman–Crippen LogP) is 1.14. The van der Waals surface area contributed by atoms with Crippen LogP contribution in [-0.2, 0) is 22.6 Å². The molecule has 0 fully saturated rings. The van der Waals surface area contributed by atoms with Gasteiger partial charge in [-0.3, -0.25) is 9.59 Å². The second kappa shape index (κ2) is 8.22. The van der Waals surface area contributed by atoms with Gasteiger partial charge in [0, 0.05) is 12.0 Å². The lowest BCUT2D eigenvalue weighted by Crippen LogP contribution is -2.93. The van der Waals surface area contributed by atoms with Gasteiger partial charge in [-0.2, -0.15) is 0 Å². The summed E-state index contributed by atoms with van der Waals surface area (Å²) in [6.07, 6.45) is 0.669. The minimum Gasteiger partial charge on any atom is -0.495 e. The second-order valence-electron chi connectivity index (χ2n) is 6.94. The number of fused-ring (bicyclic) bond motifs is 1. The van der Waals surface area contributed by atoms with Crippen molar-refractivity contribution in [2.45, 2.75) is 38.9 Å². The van der Waals surface area contributed by atoms with Gasteiger partial charge in [0.1, 0.15) is 18.3 Å². The van der Waals surface area contributed by atoms with Gasteiger partial charge in [-0.05, 0) is 37.1 Å². The average molecular weight is 368 g/mol. The van der Waals surface area contributed by atoms with E-state index in [0.717, 1.165) is 12.1 Å². The average Bonchev–Trinajstić information content (AvgIpc) is 2.67. The van der Waals surface area contributed by atoms with Gasteiger partial charge in [0.25, 0.3) is 5.91 Å². The normalized spacial score (nSPS) is 16.8. The molecule has 0 aromatic heterocycles. The third-order valence-electron chi connectivity index (χ3n) is 4.88. The molecule has 0 aliphatic carbocycles. The molecule has 0 spiro atoms. The van der Waals surface area contributed by atoms with E-state index >= 15 is 0 Å². The Labute approximate surface area is 159 Å². The summed E-state index contributed by atoms with van der Waals surface area (Å²) in [4.78, 5) is 25.1. The molecule has 1 aliphatic heterocycles. The van der Waals surface area contributed by atoms with E-state index < -0.39 is 6.04 Å². The number of nitrogens with two attached hydrogens (primary N) is 1. The number of aryl methyl sites for hydroxylation is 1. The number of quaternary nitrogens is 1. The van der Waals surface area contributed by atoms with Gasteiger partial charge >= 0.3 is 0 Å². The minimum absolute atomic E-state index is 0.122. The molecule has 0 saturated heterocycles. The largest absolute Gasteiger partial charge is 0.495 e. The van der Waals surface area contributed by atoms with Crippen molar-refractivity contribution in [3.05, 3.63) is 59.2 Å². The lowest BCUT2D eigenvalue weighted by molar-refractivity contribution is -0.695. The van der Waals surface area contributed by atoms with Gasteiger partial charge in [0.05, 0.1) is 12.8 Å². The fourth-order valence-electron chi connectivity index (χ4n) is 3.29. The summed E-state index contributed by atoms with van der Waals surface area (Å²) in [6.45, 7) is 4.40. The van der Waals surface area contributed by atoms with Crippen LogP contribution in [0.25, 0.3) is 0 Å². The van der Waals surface area contributed by atoms with E-state index in [4.69, 9.17) is 4.74 Å². The van der Waals surface area contributed by atoms with E-state index in [2.05, 4.69) is 22.8 Å². The first kappa shape index (κ1) is 18.9. The van der Waals surface area contributed by atoms with Crippen LogP contribution in [0.1, 0.15) is 23.6 Å². The fraction of sp³-hybridized carbons (Fsp3) is 0.333. The first-order chi connectivity index (χ1) is 13.0. The Hall–Kier alpha value is -2.86. The van der Waals surface area contributed by atoms with Crippen LogP contribution in [0.4, 0.5) is 5.69 Å². The lowest BCUT2D eigenvalue weighted by atomic mass is 9.95. The van der Waals surface area contributed by atoms with Crippen LogP contribution >= 0.6 is 0 Å². The summed E-state index contributed by atoms with van der Waals surface area (Å²) in [7, 11) is 1.56. The van der Waals surface area contributed by atoms with Crippen molar-refractivity contribution >= 4 is 17.5 Å². The SMILES string of the molecule is COc1ccc(C)cc1NC(=O)[C@H](C)NC(=O)[C@@H]1Cc2ccccc2C[NH2+]1. The quantitative estimate of drug-likeness (QED) is 0.740. The van der Waals surface area contributed by atoms with Crippen LogP contribution in [0.3, 0.4) is 0 Å². The Morgan fingerprint density at radius 3 is 2.67 bits per heavy atom. The molecule has 0 saturated carbocycles. The predicted molar refractivity (Wildman–Crippen MR) is 104 cm³/mol. The van der Waals surface area contributed by atoms with E-state index in [1.807, 2.05) is 42.6 Å². The number of methoxy groups -OCH3 is 1. The molecule has 4 N–H and O–H groups in total. The van der Waals surface area contributed by atoms with Crippen molar-refractivity contribution in [1.29, 1.82) is 0 Å². The molecular weight excluding hydrogens is 342 g/mol. The highest BCUT2D eigenvalue weighted by molar-refractivity contribution is 5.98. The number of benzene rings is 2. The maximum Gasteiger partial charge on any atom is 0.279 e. The summed E-state index contributed by atoms with van der Waals surface area (Å²) in [5, 5.41) is 7.69. The monoisotopic (exact) mass is 368 g/mol. The number of amides is 2. The van der Waals surface area contributed by atoms with E-state index in [9.17, 15) is 9.59 Å². The van der Waals surface area contributed by atoms with Crippen LogP contribution in [0.5, 0.6) is 5.75 Å². The Kier molecular flexibility index (Phi) is 5.76. The zero-order valence-corrected chi connectivity index (χ0v) is 15.9. The molecule has 2 atom stereocenters. The molecule has 1 aliphatic rings. The molecule has 6 nitrogen and oxygen atoms in total. The van der Waals surface area contributed by atoms with Gasteiger partial charge < -0.3 is 20.7 Å². The summed E-state index contributed by atoms with van der Waals surface area (Å²) in [6, 6.07) is 12.9. The van der Waals surface area contributed by atoms with Gasteiger partial charge in [0.15, 0.2) is 6.04 Å². The van der Waals surface area contributed by atoms with Crippen LogP contribution in [0.15, 0.2) is 42.5 Å². The molecule has 2 aromatic carbocycles. The van der Waals surface area contributed by atoms with Gasteiger partial charge in [-0.1, -0.05) is 30.3 Å². The standard InChI is InChI=1S/C21H25N3O3/c1-13-8-9-19(27-3)17(10-13)24-20(25)14(2)23-21(26)18-11-15-6-4-5-7-16(15)12-22-18/h4-10,14,18,22H,11-12H2,1-3H3,(H,23,26)(H,24,25)/p+1/t14-,18-/m0/s1. The van der Waals surface area contributed by atoms with Crippen molar-refractivity contribution in [3.63, 3.8) is 0 Å². The van der Waals surface area contributed by atoms with Crippen molar-refractivity contribution in [2.24, 2.45) is 0 Å². The smallest absolute Gasteiger partial charge is 0.279 e. The summed E-state index contributed by atoms with van der Waals surface area (Å²) < 4.78 is 5.28. The van der Waals surface area contributed by atoms with Crippen molar-refractivity contribution in [2.75, 3.05) is 12.4 Å². The molecule has 0 bridgehead atoms. The second-order valence-corrected chi connectivity index (χ2v) is 6.94. The lowest BCUT2D eigenvalue weighted by Gasteiger charge is -2.24. The Morgan fingerprint density at radius 1 is 1.19 bits per heavy atom. The molecule has 6 heteroatoms. The van der Waals surface area contributed by atoms with Gasteiger partial charge in [-0.25, -0.2) is 0 Å². The number of nitrogens with one attached hydrogen (secondary N) is 2. The Morgan fingerprint density at radius 2 is 1.93 bits per heavy atom. The first-order valence-corrected chi connectivity index (χ1v) is 9.14. The topological polar surface area (TPSA) is 84.0 Å². The number of ether oxygens (including phenoxy) is 1. The maximum absolute atomic E-state index is 12.6. The summed E-state index contributed by atoms with van der Waals surface area (Å²) >= 11 is 0. The Bertz CT molecular complexity index is 850. The highest BCUT2D eigenvalue weighted by atomic mass is 16.5. The van der Waals surface area contributed by atoms with E-state index in [1.54, 1.807) is 14.0 Å². The molecular formula is C21H26N3O3+. The van der Waals surface area contributed by atoms with E-state index in [1.165, 1.54) is 11.1 Å². The molecule has 27 heavy (non-hydrogen) atoms. The molecule has 2 amide bonds. The Balaban J connectivity index is 1.60. The zero-order chi connectivity index (χ0) is 19.4. The first-order valence-electron chi connectivity index (χ1n) is 9.14. The fourth-order valence-corrected chi connectivity index (χ4v) is 3.29. The van der Waals surface area contributed by atoms with Crippen LogP contribution in [0, 0.1) is 6.92 Å². The number of anilines is 1. The molecule has 3 rings (SSSR count). The number of hydrogen-bond donors (Lipinski definition) is 3. The van der Waals surface area contributed by atoms with E-state index in [-0.39, 0.29) is 17.9 Å². The number of hydrogen-bond acceptors (Lipinski definition) is 3. The number of rotatable bonds is 5. The zero-order valence-electron chi connectivity index (χ0n) is 15.9. The third-order valence-corrected chi connectivity index (χ3v) is 4.88. The number of carbonyl (C=O) groups is 2. The summed E-state index contributed by atoms with van der Waals surface area (Å²) in [5.74, 6) is 0.191. The van der Waals surface area contributed by atoms with Crippen LogP contribution < -0.4 is 20.7 Å². The van der Waals surface area contributed by atoms with Gasteiger partial charge in [0.2, 0.25) is 5.91 Å². The van der Waals surface area contributed by atoms with Crippen molar-refractivity contribution in [3.8, 4) is 5.75 Å². The third kappa shape index (κ3) is 4.46.